The number of nitrogens with zero attached hydrogens (tertiary/aromatic N) is 1. The molecule has 0 N–H and O–H groups in total. The van der Waals surface area contributed by atoms with Gasteiger partial charge in [0.1, 0.15) is 10.4 Å². The van der Waals surface area contributed by atoms with Gasteiger partial charge in [-0.15, -0.1) is 0 Å². The number of fused-ring (bicyclic) bond motifs is 1. The second-order valence-corrected chi connectivity index (χ2v) is 5.34. The van der Waals surface area contributed by atoms with E-state index in [1.54, 1.807) is 0 Å². The van der Waals surface area contributed by atoms with Crippen molar-refractivity contribution in [2.75, 3.05) is 6.79 Å². The van der Waals surface area contributed by atoms with E-state index in [9.17, 15) is 4.79 Å². The van der Waals surface area contributed by atoms with Crippen LogP contribution < -0.4 is 9.47 Å². The number of hydrogen-bond donors (Lipinski definition) is 0. The molecule has 3 rings (SSSR count). The largest absolute Gasteiger partial charge is 0.454 e. The molecule has 0 radical (unpaired) electrons. The Balaban J connectivity index is 1.67. The van der Waals surface area contributed by atoms with E-state index < -0.39 is 0 Å². The third-order valence-corrected chi connectivity index (χ3v) is 3.43. The minimum Gasteiger partial charge on any atom is -0.454 e. The van der Waals surface area contributed by atoms with Crippen LogP contribution in [0.4, 0.5) is 0 Å². The van der Waals surface area contributed by atoms with Crippen LogP contribution in [0.5, 0.6) is 11.5 Å². The predicted molar refractivity (Wildman–Crippen MR) is 76.9 cm³/mol. The first kappa shape index (κ1) is 13.1. The third-order valence-electron chi connectivity index (χ3n) is 2.99. The molecule has 2 heterocycles. The minimum atomic E-state index is 0.120. The lowest BCUT2D eigenvalue weighted by Gasteiger charge is -2.03. The summed E-state index contributed by atoms with van der Waals surface area (Å²) in [6.45, 7) is 0.245. The number of ether oxygens (including phenoxy) is 2. The molecular weight excluding hydrogens is 322 g/mol. The van der Waals surface area contributed by atoms with E-state index in [4.69, 9.17) is 9.47 Å². The summed E-state index contributed by atoms with van der Waals surface area (Å²) in [5.41, 5.74) is 1.69. The van der Waals surface area contributed by atoms with Crippen molar-refractivity contribution in [2.24, 2.45) is 0 Å². The maximum absolute atomic E-state index is 12.1. The Kier molecular flexibility index (Phi) is 3.69. The van der Waals surface area contributed by atoms with Gasteiger partial charge < -0.3 is 9.47 Å². The van der Waals surface area contributed by atoms with E-state index >= 15 is 0 Å². The van der Waals surface area contributed by atoms with Crippen molar-refractivity contribution in [1.29, 1.82) is 0 Å². The molecule has 0 atom stereocenters. The first-order valence-electron chi connectivity index (χ1n) is 6.22. The summed E-state index contributed by atoms with van der Waals surface area (Å²) in [6.07, 6.45) is 0.693. The molecule has 0 spiro atoms. The first-order chi connectivity index (χ1) is 9.70. The van der Waals surface area contributed by atoms with Gasteiger partial charge in [-0.25, -0.2) is 4.98 Å². The molecule has 4 nitrogen and oxygen atoms in total. The first-order valence-corrected chi connectivity index (χ1v) is 7.02. The third kappa shape index (κ3) is 2.99. The van der Waals surface area contributed by atoms with Gasteiger partial charge in [0.2, 0.25) is 6.79 Å². The highest BCUT2D eigenvalue weighted by atomic mass is 79.9. The molecule has 102 valence electrons. The van der Waals surface area contributed by atoms with Crippen LogP contribution in [0.15, 0.2) is 41.0 Å². The van der Waals surface area contributed by atoms with E-state index in [-0.39, 0.29) is 12.6 Å². The number of carbonyl (C=O) groups excluding carboxylic acids is 1. The van der Waals surface area contributed by atoms with E-state index in [1.165, 1.54) is 0 Å². The fourth-order valence-corrected chi connectivity index (χ4v) is 2.47. The van der Waals surface area contributed by atoms with Crippen LogP contribution in [0, 0.1) is 0 Å². The van der Waals surface area contributed by atoms with Gasteiger partial charge in [0.25, 0.3) is 0 Å². The number of carbonyl (C=O) groups is 1. The maximum Gasteiger partial charge on any atom is 0.231 e. The highest BCUT2D eigenvalue weighted by Crippen LogP contribution is 2.32. The van der Waals surface area contributed by atoms with Gasteiger partial charge in [0.15, 0.2) is 11.5 Å². The number of ketones is 1. The van der Waals surface area contributed by atoms with Crippen LogP contribution in [0.25, 0.3) is 0 Å². The average Bonchev–Trinajstić information content (AvgIpc) is 2.86. The predicted octanol–water partition coefficient (Wildman–Crippen LogP) is 2.93. The summed E-state index contributed by atoms with van der Waals surface area (Å²) in [7, 11) is 0. The molecule has 0 bridgehead atoms. The Bertz CT molecular complexity index is 657. The van der Waals surface area contributed by atoms with Crippen LogP contribution in [-0.4, -0.2) is 17.6 Å². The van der Waals surface area contributed by atoms with E-state index in [0.29, 0.717) is 18.6 Å². The van der Waals surface area contributed by atoms with Crippen molar-refractivity contribution in [1.82, 2.24) is 4.98 Å². The zero-order valence-corrected chi connectivity index (χ0v) is 12.2. The van der Waals surface area contributed by atoms with E-state index in [2.05, 4.69) is 20.9 Å². The molecular formula is C15H12BrNO3. The fourth-order valence-electron chi connectivity index (χ4n) is 2.09. The van der Waals surface area contributed by atoms with Crippen molar-refractivity contribution < 1.29 is 14.3 Å². The molecule has 1 aliphatic heterocycles. The van der Waals surface area contributed by atoms with Gasteiger partial charge in [0, 0.05) is 18.5 Å². The standard InChI is InChI=1S/C15H12BrNO3/c16-15-3-1-2-11(17-15)8-12(18)6-10-4-5-13-14(7-10)20-9-19-13/h1-5,7H,6,8-9H2. The molecule has 20 heavy (non-hydrogen) atoms. The molecule has 1 aliphatic rings. The van der Waals surface area contributed by atoms with Gasteiger partial charge in [-0.2, -0.15) is 0 Å². The molecule has 0 unspecified atom stereocenters. The van der Waals surface area contributed by atoms with Crippen molar-refractivity contribution in [3.63, 3.8) is 0 Å². The quantitative estimate of drug-likeness (QED) is 0.807. The summed E-state index contributed by atoms with van der Waals surface area (Å²) < 4.78 is 11.3. The van der Waals surface area contributed by atoms with Gasteiger partial charge in [-0.1, -0.05) is 12.1 Å². The van der Waals surface area contributed by atoms with Crippen LogP contribution in [0.2, 0.25) is 0 Å². The lowest BCUT2D eigenvalue weighted by molar-refractivity contribution is -0.117. The lowest BCUT2D eigenvalue weighted by Crippen LogP contribution is -2.07. The fraction of sp³-hybridized carbons (Fsp3) is 0.200. The number of hydrogen-bond acceptors (Lipinski definition) is 4. The van der Waals surface area contributed by atoms with Crippen LogP contribution in [-0.2, 0) is 17.6 Å². The monoisotopic (exact) mass is 333 g/mol. The molecule has 0 fully saturated rings. The number of rotatable bonds is 4. The Morgan fingerprint density at radius 3 is 2.85 bits per heavy atom. The smallest absolute Gasteiger partial charge is 0.231 e. The van der Waals surface area contributed by atoms with Gasteiger partial charge >= 0.3 is 0 Å². The number of pyridine rings is 1. The molecule has 1 aromatic heterocycles. The number of halogens is 1. The van der Waals surface area contributed by atoms with E-state index in [0.717, 1.165) is 21.6 Å². The van der Waals surface area contributed by atoms with Crippen LogP contribution in [0.3, 0.4) is 0 Å². The van der Waals surface area contributed by atoms with Gasteiger partial charge in [0.05, 0.1) is 0 Å². The highest BCUT2D eigenvalue weighted by Gasteiger charge is 2.14. The zero-order chi connectivity index (χ0) is 13.9. The molecule has 5 heteroatoms. The lowest BCUT2D eigenvalue weighted by atomic mass is 10.0. The summed E-state index contributed by atoms with van der Waals surface area (Å²) in [4.78, 5) is 16.3. The maximum atomic E-state index is 12.1. The van der Waals surface area contributed by atoms with Crippen LogP contribution >= 0.6 is 15.9 Å². The second kappa shape index (κ2) is 5.63. The van der Waals surface area contributed by atoms with E-state index in [1.807, 2.05) is 36.4 Å². The topological polar surface area (TPSA) is 48.4 Å². The number of aromatic nitrogens is 1. The summed E-state index contributed by atoms with van der Waals surface area (Å²) in [6, 6.07) is 11.1. The van der Waals surface area contributed by atoms with Crippen LogP contribution in [0.1, 0.15) is 11.3 Å². The van der Waals surface area contributed by atoms with Crippen molar-refractivity contribution in [3.8, 4) is 11.5 Å². The molecule has 0 aliphatic carbocycles. The van der Waals surface area contributed by atoms with Crippen molar-refractivity contribution in [3.05, 3.63) is 52.3 Å². The summed E-state index contributed by atoms with van der Waals surface area (Å²) in [5.74, 6) is 1.56. The average molecular weight is 334 g/mol. The zero-order valence-electron chi connectivity index (χ0n) is 10.6. The van der Waals surface area contributed by atoms with Gasteiger partial charge in [-0.3, -0.25) is 4.79 Å². The van der Waals surface area contributed by atoms with Crippen molar-refractivity contribution in [2.45, 2.75) is 12.8 Å². The Morgan fingerprint density at radius 1 is 1.15 bits per heavy atom. The molecule has 1 aromatic carbocycles. The minimum absolute atomic E-state index is 0.120. The Labute approximate surface area is 124 Å². The molecule has 0 amide bonds. The van der Waals surface area contributed by atoms with Crippen molar-refractivity contribution >= 4 is 21.7 Å². The molecule has 0 saturated carbocycles. The summed E-state index contributed by atoms with van der Waals surface area (Å²) in [5, 5.41) is 0. The molecule has 2 aromatic rings. The van der Waals surface area contributed by atoms with Gasteiger partial charge in [-0.05, 0) is 45.8 Å². The molecule has 0 saturated heterocycles. The normalized spacial score (nSPS) is 12.4. The second-order valence-electron chi connectivity index (χ2n) is 4.53. The summed E-state index contributed by atoms with van der Waals surface area (Å²) >= 11 is 3.30. The SMILES string of the molecule is O=C(Cc1ccc2c(c1)OCO2)Cc1cccc(Br)n1. The Morgan fingerprint density at radius 2 is 2.00 bits per heavy atom. The number of Topliss-reactive ketones (excluding diaryl/α,β-unsaturated/α-hetero) is 1. The number of benzene rings is 1. The Hall–Kier alpha value is -1.88. The highest BCUT2D eigenvalue weighted by molar-refractivity contribution is 9.10.